The molecule has 0 spiro atoms. The zero-order chi connectivity index (χ0) is 56.5. The Bertz CT molecular complexity index is 1320. The van der Waals surface area contributed by atoms with Crippen LogP contribution in [0, 0.1) is 0 Å². The predicted molar refractivity (Wildman–Crippen MR) is 332 cm³/mol. The average molecular weight is 1100 g/mol. The standard InChI is InChI=1S/C69H131NO8/c1-3-5-7-9-11-13-15-17-19-20-21-22-23-24-25-26-27-28-29-30-31-32-33-34-35-36-37-38-39-40-41-42-43-44-45-47-49-51-53-55-57-59-65(73)70-62(61-77-69-68(76)67(75)66(74)64(60-71)78-69)63(72)58-56-54-52-50-48-46-18-16-14-12-10-8-6-4-2/h15,17,20-21,56,58,62-64,66-69,71-72,74-76H,3-14,16,18-19,22-55,57,59-61H2,1-2H3,(H,70,73)/b17-15-,21-20-,58-56+. The lowest BCUT2D eigenvalue weighted by molar-refractivity contribution is -0.302. The van der Waals surface area contributed by atoms with E-state index >= 15 is 0 Å². The normalized spacial score (nSPS) is 18.8. The molecule has 78 heavy (non-hydrogen) atoms. The number of amides is 1. The van der Waals surface area contributed by atoms with Crippen molar-refractivity contribution in [3.8, 4) is 0 Å². The Morgan fingerprint density at radius 1 is 0.436 bits per heavy atom. The summed E-state index contributed by atoms with van der Waals surface area (Å²) in [5.41, 5.74) is 0. The quantitative estimate of drug-likeness (QED) is 0.0261. The van der Waals surface area contributed by atoms with Crippen molar-refractivity contribution >= 4 is 5.91 Å². The number of rotatable bonds is 60. The summed E-state index contributed by atoms with van der Waals surface area (Å²) in [7, 11) is 0. The Hall–Kier alpha value is -1.59. The lowest BCUT2D eigenvalue weighted by Gasteiger charge is -2.40. The van der Waals surface area contributed by atoms with Crippen LogP contribution in [0.15, 0.2) is 36.5 Å². The smallest absolute Gasteiger partial charge is 0.220 e. The second kappa shape index (κ2) is 58.6. The molecule has 1 heterocycles. The number of carbonyl (C=O) groups is 1. The van der Waals surface area contributed by atoms with Gasteiger partial charge in [0.1, 0.15) is 24.4 Å². The van der Waals surface area contributed by atoms with Crippen molar-refractivity contribution in [2.45, 2.75) is 384 Å². The number of aliphatic hydroxyl groups is 5. The molecule has 0 saturated carbocycles. The van der Waals surface area contributed by atoms with Crippen molar-refractivity contribution in [2.24, 2.45) is 0 Å². The van der Waals surface area contributed by atoms with Crippen LogP contribution in [-0.2, 0) is 14.3 Å². The maximum atomic E-state index is 13.1. The van der Waals surface area contributed by atoms with E-state index in [4.69, 9.17) is 9.47 Å². The number of ether oxygens (including phenoxy) is 2. The average Bonchev–Trinajstić information content (AvgIpc) is 3.46. The summed E-state index contributed by atoms with van der Waals surface area (Å²) >= 11 is 0. The van der Waals surface area contributed by atoms with Crippen molar-refractivity contribution in [3.05, 3.63) is 36.5 Å². The maximum absolute atomic E-state index is 13.1. The Labute approximate surface area is 482 Å². The third-order valence-electron chi connectivity index (χ3n) is 16.5. The fourth-order valence-electron chi connectivity index (χ4n) is 11.1. The van der Waals surface area contributed by atoms with Gasteiger partial charge in [0.15, 0.2) is 6.29 Å². The van der Waals surface area contributed by atoms with E-state index in [1.54, 1.807) is 6.08 Å². The summed E-state index contributed by atoms with van der Waals surface area (Å²) in [6.07, 6.45) is 71.3. The van der Waals surface area contributed by atoms with Gasteiger partial charge in [0.25, 0.3) is 0 Å². The highest BCUT2D eigenvalue weighted by atomic mass is 16.7. The van der Waals surface area contributed by atoms with Gasteiger partial charge in [0.05, 0.1) is 25.4 Å². The summed E-state index contributed by atoms with van der Waals surface area (Å²) in [6.45, 7) is 3.80. The first kappa shape index (κ1) is 74.4. The lowest BCUT2D eigenvalue weighted by Crippen LogP contribution is -2.60. The summed E-state index contributed by atoms with van der Waals surface area (Å²) in [6, 6.07) is -0.802. The van der Waals surface area contributed by atoms with Crippen molar-refractivity contribution in [2.75, 3.05) is 13.2 Å². The van der Waals surface area contributed by atoms with Crippen LogP contribution in [0.1, 0.15) is 341 Å². The number of allylic oxidation sites excluding steroid dienone is 5. The fourth-order valence-corrected chi connectivity index (χ4v) is 11.1. The molecule has 0 aromatic rings. The molecule has 460 valence electrons. The first-order chi connectivity index (χ1) is 38.3. The minimum atomic E-state index is -1.56. The van der Waals surface area contributed by atoms with Gasteiger partial charge in [0, 0.05) is 6.42 Å². The molecule has 1 aliphatic rings. The topological polar surface area (TPSA) is 149 Å². The number of nitrogens with one attached hydrogen (secondary N) is 1. The first-order valence-electron chi connectivity index (χ1n) is 34.2. The number of carbonyl (C=O) groups excluding carboxylic acids is 1. The third kappa shape index (κ3) is 47.0. The predicted octanol–water partition coefficient (Wildman–Crippen LogP) is 18.3. The van der Waals surface area contributed by atoms with Gasteiger partial charge in [-0.1, -0.05) is 320 Å². The fraction of sp³-hybridized carbons (Fsp3) is 0.899. The van der Waals surface area contributed by atoms with Crippen LogP contribution in [-0.4, -0.2) is 87.5 Å². The van der Waals surface area contributed by atoms with Crippen molar-refractivity contribution in [3.63, 3.8) is 0 Å². The van der Waals surface area contributed by atoms with Crippen LogP contribution in [0.4, 0.5) is 0 Å². The second-order valence-corrected chi connectivity index (χ2v) is 24.0. The number of hydrogen-bond donors (Lipinski definition) is 6. The lowest BCUT2D eigenvalue weighted by atomic mass is 9.99. The van der Waals surface area contributed by atoms with Crippen LogP contribution in [0.5, 0.6) is 0 Å². The summed E-state index contributed by atoms with van der Waals surface area (Å²) < 4.78 is 11.3. The van der Waals surface area contributed by atoms with Crippen LogP contribution in [0.3, 0.4) is 0 Å². The number of hydrogen-bond acceptors (Lipinski definition) is 8. The van der Waals surface area contributed by atoms with E-state index in [1.165, 1.54) is 276 Å². The third-order valence-corrected chi connectivity index (χ3v) is 16.5. The molecule has 9 heteroatoms. The highest BCUT2D eigenvalue weighted by Gasteiger charge is 2.44. The van der Waals surface area contributed by atoms with E-state index in [0.717, 1.165) is 44.9 Å². The second-order valence-electron chi connectivity index (χ2n) is 24.0. The highest BCUT2D eigenvalue weighted by molar-refractivity contribution is 5.76. The maximum Gasteiger partial charge on any atom is 0.220 e. The highest BCUT2D eigenvalue weighted by Crippen LogP contribution is 2.23. The number of unbranched alkanes of at least 4 members (excludes halogenated alkanes) is 46. The van der Waals surface area contributed by atoms with E-state index in [1.807, 2.05) is 6.08 Å². The minimum absolute atomic E-state index is 0.171. The molecule has 0 bridgehead atoms. The molecule has 0 aliphatic carbocycles. The monoisotopic (exact) mass is 1100 g/mol. The largest absolute Gasteiger partial charge is 0.394 e. The Morgan fingerprint density at radius 3 is 1.10 bits per heavy atom. The van der Waals surface area contributed by atoms with Crippen molar-refractivity contribution in [1.29, 1.82) is 0 Å². The molecule has 7 unspecified atom stereocenters. The molecule has 7 atom stereocenters. The Morgan fingerprint density at radius 2 is 0.756 bits per heavy atom. The number of aliphatic hydroxyl groups excluding tert-OH is 5. The zero-order valence-electron chi connectivity index (χ0n) is 51.4. The van der Waals surface area contributed by atoms with Gasteiger partial charge >= 0.3 is 0 Å². The molecule has 0 aromatic carbocycles. The summed E-state index contributed by atoms with van der Waals surface area (Å²) in [5.74, 6) is -0.171. The first-order valence-corrected chi connectivity index (χ1v) is 34.2. The van der Waals surface area contributed by atoms with Crippen molar-refractivity contribution < 1.29 is 39.8 Å². The van der Waals surface area contributed by atoms with Gasteiger partial charge in [-0.2, -0.15) is 0 Å². The van der Waals surface area contributed by atoms with Gasteiger partial charge in [-0.25, -0.2) is 0 Å². The molecular weight excluding hydrogens is 971 g/mol. The minimum Gasteiger partial charge on any atom is -0.394 e. The summed E-state index contributed by atoms with van der Waals surface area (Å²) in [4.78, 5) is 13.1. The molecule has 0 aromatic heterocycles. The molecule has 1 fully saturated rings. The zero-order valence-corrected chi connectivity index (χ0v) is 51.4. The summed E-state index contributed by atoms with van der Waals surface area (Å²) in [5, 5.41) is 54.5. The molecule has 1 saturated heterocycles. The van der Waals surface area contributed by atoms with Gasteiger partial charge < -0.3 is 40.3 Å². The van der Waals surface area contributed by atoms with Gasteiger partial charge in [-0.05, 0) is 51.4 Å². The van der Waals surface area contributed by atoms with Crippen molar-refractivity contribution in [1.82, 2.24) is 5.32 Å². The van der Waals surface area contributed by atoms with Gasteiger partial charge in [-0.3, -0.25) is 4.79 Å². The van der Waals surface area contributed by atoms with Crippen LogP contribution in [0.25, 0.3) is 0 Å². The molecular formula is C69H131NO8. The van der Waals surface area contributed by atoms with Gasteiger partial charge in [-0.15, -0.1) is 0 Å². The molecule has 0 radical (unpaired) electrons. The van der Waals surface area contributed by atoms with Crippen LogP contribution >= 0.6 is 0 Å². The van der Waals surface area contributed by atoms with Crippen LogP contribution in [0.2, 0.25) is 0 Å². The SMILES string of the molecule is CCCCCCC/C=C\C/C=C\CCCCCCCCCCCCCCCCCCCCCCCCCCCCCCCC(=O)NC(COC1OC(CO)C(O)C(O)C1O)C(O)/C=C/CCCCCCCCCCCCCC. The molecule has 6 N–H and O–H groups in total. The molecule has 1 amide bonds. The Balaban J connectivity index is 2.00. The molecule has 9 nitrogen and oxygen atoms in total. The van der Waals surface area contributed by atoms with E-state index in [9.17, 15) is 30.3 Å². The molecule has 1 rings (SSSR count). The van der Waals surface area contributed by atoms with E-state index in [0.29, 0.717) is 6.42 Å². The van der Waals surface area contributed by atoms with Gasteiger partial charge in [0.2, 0.25) is 5.91 Å². The Kier molecular flexibility index (Phi) is 55.9. The van der Waals surface area contributed by atoms with E-state index in [2.05, 4.69) is 43.5 Å². The van der Waals surface area contributed by atoms with E-state index < -0.39 is 49.5 Å². The van der Waals surface area contributed by atoms with Crippen LogP contribution < -0.4 is 5.32 Å². The molecule has 1 aliphatic heterocycles. The van der Waals surface area contributed by atoms with E-state index in [-0.39, 0.29) is 12.5 Å².